The molecular formula is C17H15N3O. The van der Waals surface area contributed by atoms with Crippen molar-refractivity contribution in [3.05, 3.63) is 60.8 Å². The predicted molar refractivity (Wildman–Crippen MR) is 85.8 cm³/mol. The first-order valence-corrected chi connectivity index (χ1v) is 6.71. The molecule has 0 saturated heterocycles. The molecule has 1 aromatic heterocycles. The molecule has 2 N–H and O–H groups in total. The van der Waals surface area contributed by atoms with E-state index in [0.717, 1.165) is 28.0 Å². The summed E-state index contributed by atoms with van der Waals surface area (Å²) in [6, 6.07) is 17.5. The van der Waals surface area contributed by atoms with E-state index in [-0.39, 0.29) is 5.91 Å². The Balaban J connectivity index is 1.87. The first-order valence-electron chi connectivity index (χ1n) is 6.71. The third-order valence-corrected chi connectivity index (χ3v) is 3.13. The lowest BCUT2D eigenvalue weighted by atomic mass is 10.2. The number of hydrogen-bond donors (Lipinski definition) is 2. The molecule has 1 amide bonds. The van der Waals surface area contributed by atoms with Crippen LogP contribution in [0.5, 0.6) is 0 Å². The topological polar surface area (TPSA) is 54.0 Å². The van der Waals surface area contributed by atoms with Gasteiger partial charge in [0.05, 0.1) is 5.52 Å². The van der Waals surface area contributed by atoms with Crippen LogP contribution in [0.4, 0.5) is 17.1 Å². The molecule has 3 rings (SSSR count). The Hall–Kier alpha value is -2.88. The molecule has 0 aliphatic heterocycles. The van der Waals surface area contributed by atoms with E-state index < -0.39 is 0 Å². The van der Waals surface area contributed by atoms with Gasteiger partial charge in [-0.1, -0.05) is 18.2 Å². The fourth-order valence-corrected chi connectivity index (χ4v) is 2.20. The Kier molecular flexibility index (Phi) is 3.51. The highest BCUT2D eigenvalue weighted by atomic mass is 16.1. The van der Waals surface area contributed by atoms with Crippen LogP contribution in [0.15, 0.2) is 60.8 Å². The van der Waals surface area contributed by atoms with Crippen molar-refractivity contribution < 1.29 is 4.79 Å². The number of para-hydroxylation sites is 1. The van der Waals surface area contributed by atoms with Crippen LogP contribution in [0, 0.1) is 0 Å². The van der Waals surface area contributed by atoms with Crippen LogP contribution in [0.1, 0.15) is 6.92 Å². The van der Waals surface area contributed by atoms with Gasteiger partial charge in [-0.25, -0.2) is 0 Å². The molecule has 0 saturated carbocycles. The number of carbonyl (C=O) groups excluding carboxylic acids is 1. The van der Waals surface area contributed by atoms with E-state index in [1.54, 1.807) is 6.20 Å². The molecule has 1 heterocycles. The minimum absolute atomic E-state index is 0.0733. The fourth-order valence-electron chi connectivity index (χ4n) is 2.20. The molecule has 104 valence electrons. The van der Waals surface area contributed by atoms with Crippen LogP contribution in [-0.2, 0) is 4.79 Å². The summed E-state index contributed by atoms with van der Waals surface area (Å²) < 4.78 is 0. The highest BCUT2D eigenvalue weighted by Gasteiger charge is 2.02. The van der Waals surface area contributed by atoms with Gasteiger partial charge < -0.3 is 10.6 Å². The fraction of sp³-hybridized carbons (Fsp3) is 0.0588. The second kappa shape index (κ2) is 5.63. The summed E-state index contributed by atoms with van der Waals surface area (Å²) in [7, 11) is 0. The van der Waals surface area contributed by atoms with Crippen LogP contribution in [0.2, 0.25) is 0 Å². The number of rotatable bonds is 3. The van der Waals surface area contributed by atoms with Crippen molar-refractivity contribution in [3.8, 4) is 0 Å². The number of anilines is 3. The average molecular weight is 277 g/mol. The Bertz CT molecular complexity index is 776. The minimum atomic E-state index is -0.0733. The molecular weight excluding hydrogens is 262 g/mol. The van der Waals surface area contributed by atoms with Crippen molar-refractivity contribution in [1.29, 1.82) is 0 Å². The van der Waals surface area contributed by atoms with E-state index >= 15 is 0 Å². The van der Waals surface area contributed by atoms with Crippen molar-refractivity contribution in [1.82, 2.24) is 4.98 Å². The van der Waals surface area contributed by atoms with E-state index in [2.05, 4.69) is 15.6 Å². The Morgan fingerprint density at radius 3 is 2.43 bits per heavy atom. The van der Waals surface area contributed by atoms with E-state index in [1.165, 1.54) is 6.92 Å². The molecule has 0 unspecified atom stereocenters. The van der Waals surface area contributed by atoms with Gasteiger partial charge in [-0.2, -0.15) is 0 Å². The molecule has 2 aromatic carbocycles. The number of nitrogens with zero attached hydrogens (tertiary/aromatic N) is 1. The lowest BCUT2D eigenvalue weighted by Crippen LogP contribution is -2.05. The maximum Gasteiger partial charge on any atom is 0.221 e. The molecule has 0 aliphatic rings. The van der Waals surface area contributed by atoms with Gasteiger partial charge in [0.25, 0.3) is 0 Å². The Labute approximate surface area is 122 Å². The van der Waals surface area contributed by atoms with Gasteiger partial charge in [0.15, 0.2) is 0 Å². The third-order valence-electron chi connectivity index (χ3n) is 3.13. The normalized spacial score (nSPS) is 10.3. The maximum absolute atomic E-state index is 11.0. The van der Waals surface area contributed by atoms with Gasteiger partial charge >= 0.3 is 0 Å². The molecule has 4 nitrogen and oxygen atoms in total. The predicted octanol–water partition coefficient (Wildman–Crippen LogP) is 3.94. The number of carbonyl (C=O) groups is 1. The number of nitrogens with one attached hydrogen (secondary N) is 2. The van der Waals surface area contributed by atoms with Crippen LogP contribution in [0.3, 0.4) is 0 Å². The van der Waals surface area contributed by atoms with E-state index in [1.807, 2.05) is 54.6 Å². The van der Waals surface area contributed by atoms with Gasteiger partial charge in [-0.05, 0) is 36.4 Å². The third kappa shape index (κ3) is 3.00. The SMILES string of the molecule is CC(=O)Nc1ccc(Nc2ccnc3ccccc23)cc1. The smallest absolute Gasteiger partial charge is 0.221 e. The molecule has 21 heavy (non-hydrogen) atoms. The molecule has 0 spiro atoms. The zero-order valence-corrected chi connectivity index (χ0v) is 11.6. The van der Waals surface area contributed by atoms with Gasteiger partial charge in [0, 0.05) is 35.6 Å². The number of fused-ring (bicyclic) bond motifs is 1. The van der Waals surface area contributed by atoms with E-state index in [0.29, 0.717) is 0 Å². The summed E-state index contributed by atoms with van der Waals surface area (Å²) in [4.78, 5) is 15.3. The Morgan fingerprint density at radius 1 is 0.952 bits per heavy atom. The summed E-state index contributed by atoms with van der Waals surface area (Å²) in [6.45, 7) is 1.50. The molecule has 0 bridgehead atoms. The van der Waals surface area contributed by atoms with Crippen LogP contribution in [0.25, 0.3) is 10.9 Å². The van der Waals surface area contributed by atoms with Gasteiger partial charge in [-0.15, -0.1) is 0 Å². The first kappa shape index (κ1) is 13.1. The quantitative estimate of drug-likeness (QED) is 0.762. The highest BCUT2D eigenvalue weighted by Crippen LogP contribution is 2.25. The largest absolute Gasteiger partial charge is 0.355 e. The Morgan fingerprint density at radius 2 is 1.67 bits per heavy atom. The summed E-state index contributed by atoms with van der Waals surface area (Å²) in [5, 5.41) is 7.20. The van der Waals surface area contributed by atoms with Crippen molar-refractivity contribution in [2.45, 2.75) is 6.92 Å². The van der Waals surface area contributed by atoms with Crippen molar-refractivity contribution in [2.24, 2.45) is 0 Å². The standard InChI is InChI=1S/C17H15N3O/c1-12(21)19-13-6-8-14(9-7-13)20-17-10-11-18-16-5-3-2-4-15(16)17/h2-11H,1H3,(H,18,20)(H,19,21). The zero-order valence-electron chi connectivity index (χ0n) is 11.6. The first-order chi connectivity index (χ1) is 10.2. The number of benzene rings is 2. The lowest BCUT2D eigenvalue weighted by molar-refractivity contribution is -0.114. The number of amides is 1. The lowest BCUT2D eigenvalue weighted by Gasteiger charge is -2.10. The van der Waals surface area contributed by atoms with Gasteiger partial charge in [0.1, 0.15) is 0 Å². The van der Waals surface area contributed by atoms with Gasteiger partial charge in [-0.3, -0.25) is 9.78 Å². The molecule has 0 atom stereocenters. The number of pyridine rings is 1. The maximum atomic E-state index is 11.0. The second-order valence-electron chi connectivity index (χ2n) is 4.76. The second-order valence-corrected chi connectivity index (χ2v) is 4.76. The monoisotopic (exact) mass is 277 g/mol. The van der Waals surface area contributed by atoms with Crippen LogP contribution < -0.4 is 10.6 Å². The molecule has 0 aliphatic carbocycles. The van der Waals surface area contributed by atoms with Gasteiger partial charge in [0.2, 0.25) is 5.91 Å². The summed E-state index contributed by atoms with van der Waals surface area (Å²) >= 11 is 0. The van der Waals surface area contributed by atoms with Crippen LogP contribution >= 0.6 is 0 Å². The molecule has 3 aromatic rings. The summed E-state index contributed by atoms with van der Waals surface area (Å²) in [5.41, 5.74) is 3.71. The minimum Gasteiger partial charge on any atom is -0.355 e. The number of hydrogen-bond acceptors (Lipinski definition) is 3. The summed E-state index contributed by atoms with van der Waals surface area (Å²) in [5.74, 6) is -0.0733. The van der Waals surface area contributed by atoms with Crippen molar-refractivity contribution >= 4 is 33.9 Å². The van der Waals surface area contributed by atoms with E-state index in [4.69, 9.17) is 0 Å². The average Bonchev–Trinajstić information content (AvgIpc) is 2.49. The van der Waals surface area contributed by atoms with E-state index in [9.17, 15) is 4.79 Å². The van der Waals surface area contributed by atoms with Crippen molar-refractivity contribution in [2.75, 3.05) is 10.6 Å². The van der Waals surface area contributed by atoms with Crippen LogP contribution in [-0.4, -0.2) is 10.9 Å². The molecule has 0 radical (unpaired) electrons. The number of aromatic nitrogens is 1. The molecule has 0 fully saturated rings. The highest BCUT2D eigenvalue weighted by molar-refractivity contribution is 5.93. The summed E-state index contributed by atoms with van der Waals surface area (Å²) in [6.07, 6.45) is 1.79. The zero-order chi connectivity index (χ0) is 14.7. The molecule has 4 heteroatoms. The van der Waals surface area contributed by atoms with Crippen molar-refractivity contribution in [3.63, 3.8) is 0 Å².